The predicted octanol–water partition coefficient (Wildman–Crippen LogP) is 3.11. The second kappa shape index (κ2) is 7.78. The number of hydrogen-bond acceptors (Lipinski definition) is 7. The summed E-state index contributed by atoms with van der Waals surface area (Å²) in [5, 5.41) is 4.99. The fourth-order valence-electron chi connectivity index (χ4n) is 3.92. The number of likely N-dealkylation sites (tertiary alicyclic amines) is 1. The minimum Gasteiger partial charge on any atom is -0.378 e. The molecule has 0 saturated carbocycles. The van der Waals surface area contributed by atoms with Gasteiger partial charge in [-0.3, -0.25) is 14.7 Å². The van der Waals surface area contributed by atoms with E-state index in [-0.39, 0.29) is 11.8 Å². The third kappa shape index (κ3) is 3.88. The third-order valence-corrected chi connectivity index (χ3v) is 6.72. The number of ether oxygens (including phenoxy) is 1. The van der Waals surface area contributed by atoms with Gasteiger partial charge in [0.05, 0.1) is 40.9 Å². The Morgan fingerprint density at radius 3 is 2.66 bits per heavy atom. The van der Waals surface area contributed by atoms with Gasteiger partial charge >= 0.3 is 0 Å². The number of aryl methyl sites for hydroxylation is 1. The lowest BCUT2D eigenvalue weighted by molar-refractivity contribution is -0.123. The van der Waals surface area contributed by atoms with Gasteiger partial charge in [-0.1, -0.05) is 0 Å². The summed E-state index contributed by atoms with van der Waals surface area (Å²) < 4.78 is 5.28. The van der Waals surface area contributed by atoms with Crippen molar-refractivity contribution in [3.63, 3.8) is 0 Å². The number of carbonyl (C=O) groups is 1. The van der Waals surface area contributed by atoms with Crippen molar-refractivity contribution in [2.24, 2.45) is 5.92 Å². The first-order chi connectivity index (χ1) is 14.2. The Hall–Kier alpha value is -2.42. The first kappa shape index (κ1) is 18.6. The highest BCUT2D eigenvalue weighted by Crippen LogP contribution is 2.28. The molecule has 1 amide bonds. The summed E-state index contributed by atoms with van der Waals surface area (Å²) in [6, 6.07) is 4.52. The van der Waals surface area contributed by atoms with Crippen molar-refractivity contribution in [2.45, 2.75) is 25.8 Å². The van der Waals surface area contributed by atoms with Crippen molar-refractivity contribution in [3.8, 4) is 10.4 Å². The summed E-state index contributed by atoms with van der Waals surface area (Å²) in [4.78, 5) is 29.5. The number of nitrogens with one attached hydrogen (secondary N) is 1. The molecule has 0 atom stereocenters. The standard InChI is InChI=1S/C21H23N5O2S/c1-13-22-10-19(29-13)16-6-15-7-20(24-9-18(15)23-8-16)25-21(27)14-2-4-26(5-3-14)17-11-28-12-17/h6-10,14,17H,2-5,11-12H2,1H3,(H,24,25,27). The Morgan fingerprint density at radius 2 is 1.97 bits per heavy atom. The molecule has 0 aromatic carbocycles. The molecule has 29 heavy (non-hydrogen) atoms. The fourth-order valence-corrected chi connectivity index (χ4v) is 4.68. The van der Waals surface area contributed by atoms with E-state index < -0.39 is 0 Å². The first-order valence-electron chi connectivity index (χ1n) is 9.97. The molecule has 1 N–H and O–H groups in total. The first-order valence-corrected chi connectivity index (χ1v) is 10.8. The molecule has 0 unspecified atom stereocenters. The van der Waals surface area contributed by atoms with Crippen LogP contribution in [0.4, 0.5) is 5.82 Å². The maximum atomic E-state index is 12.7. The van der Waals surface area contributed by atoms with Crippen molar-refractivity contribution in [1.82, 2.24) is 19.9 Å². The van der Waals surface area contributed by atoms with Crippen molar-refractivity contribution < 1.29 is 9.53 Å². The Bertz CT molecular complexity index is 1040. The normalized spacial score (nSPS) is 18.7. The predicted molar refractivity (Wildman–Crippen MR) is 113 cm³/mol. The van der Waals surface area contributed by atoms with Gasteiger partial charge in [0.25, 0.3) is 0 Å². The van der Waals surface area contributed by atoms with Crippen LogP contribution in [0.5, 0.6) is 0 Å². The van der Waals surface area contributed by atoms with E-state index >= 15 is 0 Å². The molecule has 3 aromatic rings. The van der Waals surface area contributed by atoms with Crippen LogP contribution in [0.3, 0.4) is 0 Å². The number of carbonyl (C=O) groups excluding carboxylic acids is 1. The Morgan fingerprint density at radius 1 is 1.14 bits per heavy atom. The van der Waals surface area contributed by atoms with Crippen LogP contribution < -0.4 is 5.32 Å². The van der Waals surface area contributed by atoms with Gasteiger partial charge in [-0.2, -0.15) is 0 Å². The zero-order valence-corrected chi connectivity index (χ0v) is 17.1. The molecule has 5 heterocycles. The minimum atomic E-state index is 0.0365. The number of pyridine rings is 2. The van der Waals surface area contributed by atoms with Crippen LogP contribution in [-0.4, -0.2) is 58.1 Å². The summed E-state index contributed by atoms with van der Waals surface area (Å²) >= 11 is 1.64. The minimum absolute atomic E-state index is 0.0365. The van der Waals surface area contributed by atoms with Gasteiger partial charge in [-0.25, -0.2) is 9.97 Å². The van der Waals surface area contributed by atoms with Gasteiger partial charge in [0.15, 0.2) is 0 Å². The van der Waals surface area contributed by atoms with Gasteiger partial charge < -0.3 is 10.1 Å². The van der Waals surface area contributed by atoms with Crippen LogP contribution in [0.2, 0.25) is 0 Å². The molecule has 150 valence electrons. The van der Waals surface area contributed by atoms with Crippen molar-refractivity contribution in [2.75, 3.05) is 31.6 Å². The van der Waals surface area contributed by atoms with E-state index in [0.29, 0.717) is 11.9 Å². The second-order valence-electron chi connectivity index (χ2n) is 7.72. The lowest BCUT2D eigenvalue weighted by atomic mass is 9.94. The van der Waals surface area contributed by atoms with Crippen molar-refractivity contribution in [1.29, 1.82) is 0 Å². The summed E-state index contributed by atoms with van der Waals surface area (Å²) in [6.45, 7) is 5.56. The number of piperidine rings is 1. The lowest BCUT2D eigenvalue weighted by Gasteiger charge is -2.41. The van der Waals surface area contributed by atoms with Crippen LogP contribution in [-0.2, 0) is 9.53 Å². The van der Waals surface area contributed by atoms with Gasteiger partial charge in [0.1, 0.15) is 5.82 Å². The van der Waals surface area contributed by atoms with Crippen molar-refractivity contribution >= 4 is 34.0 Å². The molecule has 0 aliphatic carbocycles. The second-order valence-corrected chi connectivity index (χ2v) is 8.96. The smallest absolute Gasteiger partial charge is 0.228 e. The summed E-state index contributed by atoms with van der Waals surface area (Å²) in [5.41, 5.74) is 1.84. The number of anilines is 1. The molecular weight excluding hydrogens is 386 g/mol. The molecule has 2 fully saturated rings. The maximum absolute atomic E-state index is 12.7. The Labute approximate surface area is 173 Å². The molecule has 0 radical (unpaired) electrons. The number of hydrogen-bond donors (Lipinski definition) is 1. The van der Waals surface area contributed by atoms with E-state index in [0.717, 1.165) is 65.5 Å². The van der Waals surface area contributed by atoms with Gasteiger partial charge in [0.2, 0.25) is 5.91 Å². The number of amides is 1. The van der Waals surface area contributed by atoms with E-state index in [2.05, 4.69) is 31.2 Å². The highest BCUT2D eigenvalue weighted by Gasteiger charge is 2.32. The van der Waals surface area contributed by atoms with Gasteiger partial charge in [0, 0.05) is 29.3 Å². The molecule has 2 aliphatic heterocycles. The summed E-state index contributed by atoms with van der Waals surface area (Å²) in [6.07, 6.45) is 7.19. The molecule has 7 nitrogen and oxygen atoms in total. The monoisotopic (exact) mass is 409 g/mol. The highest BCUT2D eigenvalue weighted by atomic mass is 32.1. The van der Waals surface area contributed by atoms with Gasteiger partial charge in [-0.05, 0) is 45.0 Å². The molecule has 0 bridgehead atoms. The SMILES string of the molecule is Cc1ncc(-c2cnc3cnc(NC(=O)C4CCN(C5COC5)CC4)cc3c2)s1. The van der Waals surface area contributed by atoms with Crippen LogP contribution in [0.1, 0.15) is 17.8 Å². The topological polar surface area (TPSA) is 80.2 Å². The molecular formula is C21H23N5O2S. The molecule has 3 aromatic heterocycles. The number of fused-ring (bicyclic) bond motifs is 1. The fraction of sp³-hybridized carbons (Fsp3) is 0.429. The quantitative estimate of drug-likeness (QED) is 0.713. The van der Waals surface area contributed by atoms with Gasteiger partial charge in [-0.15, -0.1) is 11.3 Å². The Balaban J connectivity index is 1.28. The Kier molecular flexibility index (Phi) is 4.99. The average molecular weight is 410 g/mol. The molecule has 2 saturated heterocycles. The van der Waals surface area contributed by atoms with Crippen molar-refractivity contribution in [3.05, 3.63) is 35.7 Å². The van der Waals surface area contributed by atoms with Crippen LogP contribution >= 0.6 is 11.3 Å². The summed E-state index contributed by atoms with van der Waals surface area (Å²) in [7, 11) is 0. The molecule has 2 aliphatic rings. The van der Waals surface area contributed by atoms with E-state index in [1.807, 2.05) is 25.4 Å². The number of aromatic nitrogens is 3. The maximum Gasteiger partial charge on any atom is 0.228 e. The zero-order chi connectivity index (χ0) is 19.8. The molecule has 0 spiro atoms. The zero-order valence-electron chi connectivity index (χ0n) is 16.3. The highest BCUT2D eigenvalue weighted by molar-refractivity contribution is 7.15. The third-order valence-electron chi connectivity index (χ3n) is 5.76. The van der Waals surface area contributed by atoms with E-state index in [4.69, 9.17) is 4.74 Å². The van der Waals surface area contributed by atoms with E-state index in [9.17, 15) is 4.79 Å². The molecule has 8 heteroatoms. The number of rotatable bonds is 4. The summed E-state index contributed by atoms with van der Waals surface area (Å²) in [5.74, 6) is 0.676. The lowest BCUT2D eigenvalue weighted by Crippen LogP contribution is -2.52. The van der Waals surface area contributed by atoms with E-state index in [1.165, 1.54) is 0 Å². The largest absolute Gasteiger partial charge is 0.378 e. The number of nitrogens with zero attached hydrogens (tertiary/aromatic N) is 4. The number of thiazole rings is 1. The van der Waals surface area contributed by atoms with Crippen LogP contribution in [0.15, 0.2) is 30.7 Å². The van der Waals surface area contributed by atoms with Crippen LogP contribution in [0, 0.1) is 12.8 Å². The molecule has 5 rings (SSSR count). The average Bonchev–Trinajstić information content (AvgIpc) is 3.13. The van der Waals surface area contributed by atoms with E-state index in [1.54, 1.807) is 17.5 Å². The van der Waals surface area contributed by atoms with Crippen LogP contribution in [0.25, 0.3) is 21.3 Å².